The second-order valence-corrected chi connectivity index (χ2v) is 7.44. The van der Waals surface area contributed by atoms with Crippen LogP contribution in [0.4, 0.5) is 4.79 Å². The van der Waals surface area contributed by atoms with Gasteiger partial charge in [0.05, 0.1) is 12.9 Å². The average molecular weight is 333 g/mol. The van der Waals surface area contributed by atoms with Crippen molar-refractivity contribution in [1.29, 1.82) is 0 Å². The van der Waals surface area contributed by atoms with Crippen molar-refractivity contribution in [2.24, 2.45) is 18.9 Å². The Morgan fingerprint density at radius 2 is 2.00 bits per heavy atom. The molecule has 1 aliphatic heterocycles. The smallest absolute Gasteiger partial charge is 0.323 e. The zero-order chi connectivity index (χ0) is 17.5. The van der Waals surface area contributed by atoms with Crippen LogP contribution in [0.5, 0.6) is 0 Å². The Hall–Kier alpha value is -1.89. The summed E-state index contributed by atoms with van der Waals surface area (Å²) in [5, 5.41) is 7.19. The molecule has 1 N–H and O–H groups in total. The van der Waals surface area contributed by atoms with Crippen LogP contribution < -0.4 is 5.32 Å². The lowest BCUT2D eigenvalue weighted by Crippen LogP contribution is -2.59. The summed E-state index contributed by atoms with van der Waals surface area (Å²) in [6.45, 7) is 5.09. The molecule has 7 nitrogen and oxygen atoms in total. The fourth-order valence-corrected chi connectivity index (χ4v) is 4.24. The average Bonchev–Trinajstić information content (AvgIpc) is 3.02. The summed E-state index contributed by atoms with van der Waals surface area (Å²) in [5.74, 6) is 0.280. The molecule has 2 fully saturated rings. The highest BCUT2D eigenvalue weighted by Gasteiger charge is 2.58. The maximum absolute atomic E-state index is 13.1. The minimum Gasteiger partial charge on any atom is -0.323 e. The number of nitrogens with one attached hydrogen (secondary N) is 1. The van der Waals surface area contributed by atoms with Crippen LogP contribution in [-0.2, 0) is 18.4 Å². The van der Waals surface area contributed by atoms with Crippen molar-refractivity contribution in [3.63, 3.8) is 0 Å². The van der Waals surface area contributed by atoms with E-state index in [1.165, 1.54) is 4.90 Å². The number of aryl methyl sites for hydroxylation is 1. The molecule has 1 spiro atoms. The predicted octanol–water partition coefficient (Wildman–Crippen LogP) is 1.56. The van der Waals surface area contributed by atoms with Crippen molar-refractivity contribution in [3.05, 3.63) is 18.0 Å². The lowest BCUT2D eigenvalue weighted by molar-refractivity contribution is -0.137. The fraction of sp³-hybridized carbons (Fsp3) is 0.706. The zero-order valence-corrected chi connectivity index (χ0v) is 15.0. The molecule has 1 saturated heterocycles. The number of imide groups is 1. The van der Waals surface area contributed by atoms with Gasteiger partial charge in [-0.05, 0) is 31.7 Å². The lowest BCUT2D eigenvalue weighted by atomic mass is 9.67. The number of hydrogen-bond donors (Lipinski definition) is 1. The molecule has 1 aliphatic carbocycles. The zero-order valence-electron chi connectivity index (χ0n) is 15.0. The molecule has 0 bridgehead atoms. The molecule has 24 heavy (non-hydrogen) atoms. The molecule has 3 amide bonds. The van der Waals surface area contributed by atoms with E-state index in [0.29, 0.717) is 13.2 Å². The van der Waals surface area contributed by atoms with E-state index >= 15 is 0 Å². The Morgan fingerprint density at radius 1 is 1.33 bits per heavy atom. The summed E-state index contributed by atoms with van der Waals surface area (Å²) < 4.78 is 1.75. The number of rotatable bonds is 4. The van der Waals surface area contributed by atoms with Crippen LogP contribution in [0.1, 0.15) is 38.7 Å². The Kier molecular flexibility index (Phi) is 4.38. The van der Waals surface area contributed by atoms with Gasteiger partial charge < -0.3 is 5.32 Å². The third-order valence-corrected chi connectivity index (χ3v) is 5.58. The quantitative estimate of drug-likeness (QED) is 0.849. The van der Waals surface area contributed by atoms with Crippen molar-refractivity contribution in [1.82, 2.24) is 24.9 Å². The Balaban J connectivity index is 1.72. The molecule has 1 saturated carbocycles. The van der Waals surface area contributed by atoms with Gasteiger partial charge in [-0.25, -0.2) is 9.69 Å². The molecule has 2 atom stereocenters. The van der Waals surface area contributed by atoms with E-state index in [9.17, 15) is 9.59 Å². The highest BCUT2D eigenvalue weighted by molar-refractivity contribution is 6.07. The van der Waals surface area contributed by atoms with Gasteiger partial charge in [-0.15, -0.1) is 0 Å². The van der Waals surface area contributed by atoms with Crippen molar-refractivity contribution in [3.8, 4) is 0 Å². The second-order valence-electron chi connectivity index (χ2n) is 7.44. The maximum atomic E-state index is 13.1. The van der Waals surface area contributed by atoms with Crippen LogP contribution in [0.3, 0.4) is 0 Å². The molecular weight excluding hydrogens is 306 g/mol. The molecule has 0 aromatic carbocycles. The van der Waals surface area contributed by atoms with E-state index in [1.54, 1.807) is 10.9 Å². The summed E-state index contributed by atoms with van der Waals surface area (Å²) in [5.41, 5.74) is 0.339. The van der Waals surface area contributed by atoms with Crippen LogP contribution in [-0.4, -0.2) is 50.8 Å². The number of nitrogens with zero attached hydrogens (tertiary/aromatic N) is 4. The third-order valence-electron chi connectivity index (χ3n) is 5.58. The van der Waals surface area contributed by atoms with E-state index in [2.05, 4.69) is 24.3 Å². The summed E-state index contributed by atoms with van der Waals surface area (Å²) >= 11 is 0. The number of urea groups is 1. The maximum Gasteiger partial charge on any atom is 0.326 e. The summed E-state index contributed by atoms with van der Waals surface area (Å²) in [6.07, 6.45) is 6.82. The van der Waals surface area contributed by atoms with Gasteiger partial charge in [0, 0.05) is 25.4 Å². The molecule has 0 radical (unpaired) electrons. The molecule has 2 unspecified atom stereocenters. The number of carbonyl (C=O) groups excluding carboxylic acids is 2. The van der Waals surface area contributed by atoms with E-state index in [0.717, 1.165) is 24.8 Å². The number of carbonyl (C=O) groups is 2. The van der Waals surface area contributed by atoms with Crippen LogP contribution >= 0.6 is 0 Å². The first-order valence-corrected chi connectivity index (χ1v) is 8.64. The Labute approximate surface area is 143 Å². The number of amides is 3. The normalized spacial score (nSPS) is 30.5. The summed E-state index contributed by atoms with van der Waals surface area (Å²) in [7, 11) is 3.78. The van der Waals surface area contributed by atoms with Gasteiger partial charge in [0.25, 0.3) is 5.91 Å². The molecule has 132 valence electrons. The van der Waals surface area contributed by atoms with Gasteiger partial charge in [0.1, 0.15) is 5.54 Å². The first-order valence-electron chi connectivity index (χ1n) is 8.64. The Bertz CT molecular complexity index is 631. The van der Waals surface area contributed by atoms with Crippen molar-refractivity contribution in [2.45, 2.75) is 45.2 Å². The molecule has 7 heteroatoms. The van der Waals surface area contributed by atoms with Gasteiger partial charge >= 0.3 is 6.03 Å². The highest BCUT2D eigenvalue weighted by Crippen LogP contribution is 2.42. The van der Waals surface area contributed by atoms with Crippen molar-refractivity contribution in [2.75, 3.05) is 13.7 Å². The van der Waals surface area contributed by atoms with Crippen LogP contribution in [0, 0.1) is 11.8 Å². The SMILES string of the molecule is CC1CCCC(C)C12NC(=O)N(CN(C)Cc1cnn(C)c1)C2=O. The van der Waals surface area contributed by atoms with Crippen molar-refractivity contribution < 1.29 is 9.59 Å². The fourth-order valence-electron chi connectivity index (χ4n) is 4.24. The molecule has 2 heterocycles. The van der Waals surface area contributed by atoms with Crippen LogP contribution in [0.15, 0.2) is 12.4 Å². The van der Waals surface area contributed by atoms with Crippen LogP contribution in [0.2, 0.25) is 0 Å². The van der Waals surface area contributed by atoms with Gasteiger partial charge in [-0.3, -0.25) is 14.4 Å². The topological polar surface area (TPSA) is 70.5 Å². The minimum absolute atomic E-state index is 0.0646. The van der Waals surface area contributed by atoms with E-state index in [-0.39, 0.29) is 23.8 Å². The van der Waals surface area contributed by atoms with Gasteiger partial charge in [0.2, 0.25) is 0 Å². The number of aromatic nitrogens is 2. The van der Waals surface area contributed by atoms with E-state index in [1.807, 2.05) is 25.2 Å². The van der Waals surface area contributed by atoms with Gasteiger partial charge in [-0.2, -0.15) is 5.10 Å². The van der Waals surface area contributed by atoms with Gasteiger partial charge in [0.15, 0.2) is 0 Å². The molecule has 1 aromatic rings. The van der Waals surface area contributed by atoms with Crippen LogP contribution in [0.25, 0.3) is 0 Å². The van der Waals surface area contributed by atoms with E-state index in [4.69, 9.17) is 0 Å². The van der Waals surface area contributed by atoms with Gasteiger partial charge in [-0.1, -0.05) is 20.3 Å². The van der Waals surface area contributed by atoms with Crippen molar-refractivity contribution >= 4 is 11.9 Å². The second kappa shape index (κ2) is 6.20. The Morgan fingerprint density at radius 3 is 2.58 bits per heavy atom. The predicted molar refractivity (Wildman–Crippen MR) is 89.8 cm³/mol. The first-order chi connectivity index (χ1) is 11.3. The van der Waals surface area contributed by atoms with E-state index < -0.39 is 5.54 Å². The first kappa shape index (κ1) is 17.0. The molecule has 2 aliphatic rings. The molecule has 3 rings (SSSR count). The summed E-state index contributed by atoms with van der Waals surface area (Å²) in [4.78, 5) is 28.9. The monoisotopic (exact) mass is 333 g/mol. The number of hydrogen-bond acceptors (Lipinski definition) is 4. The highest BCUT2D eigenvalue weighted by atomic mass is 16.2. The molecular formula is C17H27N5O2. The minimum atomic E-state index is -0.718. The lowest BCUT2D eigenvalue weighted by Gasteiger charge is -2.42. The summed E-state index contributed by atoms with van der Waals surface area (Å²) in [6, 6.07) is -0.265. The largest absolute Gasteiger partial charge is 0.326 e. The third kappa shape index (κ3) is 2.70. The standard InChI is InChI=1S/C17H27N5O2/c1-12-6-5-7-13(2)17(12)15(23)22(16(24)19-17)11-20(3)9-14-8-18-21(4)10-14/h8,10,12-13H,5-7,9,11H2,1-4H3,(H,19,24). The molecule has 1 aromatic heterocycles.